The molecule has 3 N–H and O–H groups in total. The molecule has 146 valence electrons. The van der Waals surface area contributed by atoms with Crippen molar-refractivity contribution in [1.82, 2.24) is 5.32 Å². The van der Waals surface area contributed by atoms with Gasteiger partial charge in [0.1, 0.15) is 12.4 Å². The summed E-state index contributed by atoms with van der Waals surface area (Å²) < 4.78 is 6.05. The Morgan fingerprint density at radius 1 is 1.36 bits per heavy atom. The van der Waals surface area contributed by atoms with E-state index in [0.29, 0.717) is 30.3 Å². The summed E-state index contributed by atoms with van der Waals surface area (Å²) >= 11 is 6.27. The molecule has 0 saturated heterocycles. The first-order chi connectivity index (χ1) is 13.6. The number of ether oxygens (including phenoxy) is 1. The lowest BCUT2D eigenvalue weighted by Crippen LogP contribution is -2.19. The topological polar surface area (TPSA) is 70.6 Å². The van der Waals surface area contributed by atoms with Gasteiger partial charge in [-0.15, -0.1) is 6.42 Å². The van der Waals surface area contributed by atoms with E-state index in [9.17, 15) is 4.79 Å². The SMILES string of the molecule is C#CCNC1CCc2c(OCCc3cc(NC(=O)CO)ccc3Cl)cccc21. The Kier molecular flexibility index (Phi) is 6.94. The summed E-state index contributed by atoms with van der Waals surface area (Å²) in [6, 6.07) is 11.6. The van der Waals surface area contributed by atoms with Crippen LogP contribution in [0.3, 0.4) is 0 Å². The lowest BCUT2D eigenvalue weighted by Gasteiger charge is -2.14. The maximum atomic E-state index is 11.3. The fourth-order valence-corrected chi connectivity index (χ4v) is 3.68. The molecule has 0 aromatic heterocycles. The smallest absolute Gasteiger partial charge is 0.250 e. The van der Waals surface area contributed by atoms with Gasteiger partial charge in [0, 0.05) is 23.2 Å². The molecule has 6 heteroatoms. The third kappa shape index (κ3) is 4.85. The average Bonchev–Trinajstić information content (AvgIpc) is 3.12. The van der Waals surface area contributed by atoms with Gasteiger partial charge in [-0.1, -0.05) is 29.7 Å². The van der Waals surface area contributed by atoms with Crippen molar-refractivity contribution in [3.63, 3.8) is 0 Å². The summed E-state index contributed by atoms with van der Waals surface area (Å²) in [5.74, 6) is 3.05. The van der Waals surface area contributed by atoms with Crippen molar-refractivity contribution in [3.05, 3.63) is 58.1 Å². The Bertz CT molecular complexity index is 892. The molecule has 1 aliphatic rings. The number of hydrogen-bond acceptors (Lipinski definition) is 4. The van der Waals surface area contributed by atoms with Crippen LogP contribution in [-0.4, -0.2) is 30.8 Å². The number of nitrogens with one attached hydrogen (secondary N) is 2. The van der Waals surface area contributed by atoms with E-state index in [1.54, 1.807) is 18.2 Å². The van der Waals surface area contributed by atoms with Gasteiger partial charge in [-0.05, 0) is 53.8 Å². The molecule has 28 heavy (non-hydrogen) atoms. The summed E-state index contributed by atoms with van der Waals surface area (Å²) in [7, 11) is 0. The summed E-state index contributed by atoms with van der Waals surface area (Å²) in [5.41, 5.74) is 3.95. The molecule has 3 rings (SSSR count). The summed E-state index contributed by atoms with van der Waals surface area (Å²) in [6.07, 6.45) is 7.92. The normalized spacial score (nSPS) is 15.0. The number of amides is 1. The van der Waals surface area contributed by atoms with Crippen LogP contribution in [0, 0.1) is 12.3 Å². The van der Waals surface area contributed by atoms with E-state index in [1.807, 2.05) is 12.1 Å². The minimum Gasteiger partial charge on any atom is -0.493 e. The van der Waals surface area contributed by atoms with Crippen molar-refractivity contribution in [2.24, 2.45) is 0 Å². The molecule has 0 heterocycles. The van der Waals surface area contributed by atoms with E-state index < -0.39 is 12.5 Å². The largest absolute Gasteiger partial charge is 0.493 e. The number of hydrogen-bond donors (Lipinski definition) is 3. The van der Waals surface area contributed by atoms with Gasteiger partial charge in [0.15, 0.2) is 0 Å². The molecule has 2 aromatic carbocycles. The first kappa shape index (κ1) is 20.2. The van der Waals surface area contributed by atoms with E-state index in [1.165, 1.54) is 11.1 Å². The van der Waals surface area contributed by atoms with Gasteiger partial charge in [0.2, 0.25) is 5.91 Å². The highest BCUT2D eigenvalue weighted by Gasteiger charge is 2.24. The van der Waals surface area contributed by atoms with Crippen LogP contribution >= 0.6 is 11.6 Å². The second-order valence-electron chi connectivity index (χ2n) is 6.61. The molecule has 1 atom stereocenters. The molecule has 0 spiro atoms. The quantitative estimate of drug-likeness (QED) is 0.597. The van der Waals surface area contributed by atoms with Gasteiger partial charge in [0.25, 0.3) is 0 Å². The van der Waals surface area contributed by atoms with E-state index in [2.05, 4.69) is 22.6 Å². The van der Waals surface area contributed by atoms with Crippen LogP contribution < -0.4 is 15.4 Å². The second kappa shape index (κ2) is 9.61. The van der Waals surface area contributed by atoms with Crippen LogP contribution in [-0.2, 0) is 17.6 Å². The molecule has 0 saturated carbocycles. The van der Waals surface area contributed by atoms with E-state index in [4.69, 9.17) is 27.9 Å². The molecule has 1 amide bonds. The van der Waals surface area contributed by atoms with Crippen molar-refractivity contribution in [1.29, 1.82) is 0 Å². The fourth-order valence-electron chi connectivity index (χ4n) is 3.47. The average molecular weight is 399 g/mol. The third-order valence-corrected chi connectivity index (χ3v) is 5.15. The Morgan fingerprint density at radius 3 is 3.00 bits per heavy atom. The van der Waals surface area contributed by atoms with Crippen LogP contribution in [0.1, 0.15) is 29.2 Å². The Hall–Kier alpha value is -2.52. The zero-order chi connectivity index (χ0) is 19.9. The van der Waals surface area contributed by atoms with Crippen LogP contribution in [0.4, 0.5) is 5.69 Å². The molecule has 5 nitrogen and oxygen atoms in total. The number of halogens is 1. The van der Waals surface area contributed by atoms with Gasteiger partial charge in [-0.2, -0.15) is 0 Å². The second-order valence-corrected chi connectivity index (χ2v) is 7.02. The third-order valence-electron chi connectivity index (χ3n) is 4.78. The number of carbonyl (C=O) groups excluding carboxylic acids is 1. The molecule has 0 fully saturated rings. The van der Waals surface area contributed by atoms with Crippen molar-refractivity contribution < 1.29 is 14.6 Å². The molecular weight excluding hydrogens is 376 g/mol. The molecule has 1 aliphatic carbocycles. The maximum Gasteiger partial charge on any atom is 0.250 e. The zero-order valence-electron chi connectivity index (χ0n) is 15.5. The number of benzene rings is 2. The standard InChI is InChI=1S/C22H23ClN2O3/c1-2-11-24-20-9-7-18-17(20)4-3-5-21(18)28-12-10-15-13-16(6-8-19(15)23)25-22(27)14-26/h1,3-6,8,13,20,24,26H,7,9-12,14H2,(H,25,27). The monoisotopic (exact) mass is 398 g/mol. The maximum absolute atomic E-state index is 11.3. The number of fused-ring (bicyclic) bond motifs is 1. The molecule has 2 aromatic rings. The van der Waals surface area contributed by atoms with Crippen LogP contribution in [0.25, 0.3) is 0 Å². The van der Waals surface area contributed by atoms with Crippen LogP contribution in [0.15, 0.2) is 36.4 Å². The van der Waals surface area contributed by atoms with E-state index in [-0.39, 0.29) is 6.04 Å². The van der Waals surface area contributed by atoms with Gasteiger partial charge in [0.05, 0.1) is 13.2 Å². The number of rotatable bonds is 8. The number of anilines is 1. The van der Waals surface area contributed by atoms with Crippen molar-refractivity contribution in [2.45, 2.75) is 25.3 Å². The van der Waals surface area contributed by atoms with Gasteiger partial charge >= 0.3 is 0 Å². The molecule has 1 unspecified atom stereocenters. The molecule has 0 radical (unpaired) electrons. The highest BCUT2D eigenvalue weighted by Crippen LogP contribution is 2.37. The first-order valence-electron chi connectivity index (χ1n) is 9.23. The first-order valence-corrected chi connectivity index (χ1v) is 9.60. The minimum atomic E-state index is -0.558. The Labute approximate surface area is 170 Å². The van der Waals surface area contributed by atoms with Crippen LogP contribution in [0.2, 0.25) is 5.02 Å². The van der Waals surface area contributed by atoms with Gasteiger partial charge < -0.3 is 15.2 Å². The predicted octanol–water partition coefficient (Wildman–Crippen LogP) is 3.10. The Balaban J connectivity index is 1.63. The van der Waals surface area contributed by atoms with Gasteiger partial charge in [-0.25, -0.2) is 0 Å². The van der Waals surface area contributed by atoms with Gasteiger partial charge in [-0.3, -0.25) is 10.1 Å². The summed E-state index contributed by atoms with van der Waals surface area (Å²) in [6.45, 7) is 0.463. The lowest BCUT2D eigenvalue weighted by molar-refractivity contribution is -0.118. The van der Waals surface area contributed by atoms with E-state index >= 15 is 0 Å². The molecular formula is C22H23ClN2O3. The fraction of sp³-hybridized carbons (Fsp3) is 0.318. The lowest BCUT2D eigenvalue weighted by atomic mass is 10.1. The van der Waals surface area contributed by atoms with Crippen molar-refractivity contribution >= 4 is 23.2 Å². The number of aliphatic hydroxyl groups excluding tert-OH is 1. The van der Waals surface area contributed by atoms with Crippen molar-refractivity contribution in [2.75, 3.05) is 25.1 Å². The number of aliphatic hydroxyl groups is 1. The molecule has 0 aliphatic heterocycles. The summed E-state index contributed by atoms with van der Waals surface area (Å²) in [4.78, 5) is 11.3. The minimum absolute atomic E-state index is 0.274. The molecule has 0 bridgehead atoms. The van der Waals surface area contributed by atoms with Crippen LogP contribution in [0.5, 0.6) is 5.75 Å². The number of terminal acetylenes is 1. The number of carbonyl (C=O) groups is 1. The zero-order valence-corrected chi connectivity index (χ0v) is 16.3. The highest BCUT2D eigenvalue weighted by molar-refractivity contribution is 6.31. The summed E-state index contributed by atoms with van der Waals surface area (Å²) in [5, 5.41) is 15.5. The Morgan fingerprint density at radius 2 is 2.21 bits per heavy atom. The highest BCUT2D eigenvalue weighted by atomic mass is 35.5. The predicted molar refractivity (Wildman–Crippen MR) is 111 cm³/mol. The van der Waals surface area contributed by atoms with Crippen molar-refractivity contribution in [3.8, 4) is 18.1 Å². The van der Waals surface area contributed by atoms with E-state index in [0.717, 1.165) is 24.2 Å².